The Kier molecular flexibility index (Phi) is 5.14. The quantitative estimate of drug-likeness (QED) is 0.707. The maximum Gasteiger partial charge on any atom is 0.360 e. The second kappa shape index (κ2) is 6.90. The summed E-state index contributed by atoms with van der Waals surface area (Å²) in [6.45, 7) is 1.83. The Morgan fingerprint density at radius 2 is 1.87 bits per heavy atom. The Balaban J connectivity index is 2.95. The molecule has 8 heteroatoms. The second-order valence-electron chi connectivity index (χ2n) is 4.72. The van der Waals surface area contributed by atoms with Crippen LogP contribution < -0.4 is 5.43 Å². The van der Waals surface area contributed by atoms with Crippen LogP contribution in [0.5, 0.6) is 0 Å². The maximum absolute atomic E-state index is 12.2. The third-order valence-corrected chi connectivity index (χ3v) is 4.08. The third-order valence-electron chi connectivity index (χ3n) is 3.17. The van der Waals surface area contributed by atoms with Crippen LogP contribution in [-0.4, -0.2) is 31.9 Å². The Morgan fingerprint density at radius 1 is 1.22 bits per heavy atom. The molecule has 0 saturated heterocycles. The van der Waals surface area contributed by atoms with E-state index in [1.54, 1.807) is 24.3 Å². The summed E-state index contributed by atoms with van der Waals surface area (Å²) in [5.41, 5.74) is -1.70. The highest BCUT2D eigenvalue weighted by atomic mass is 127. The number of aromatic nitrogens is 2. The van der Waals surface area contributed by atoms with Crippen LogP contribution >= 0.6 is 22.6 Å². The van der Waals surface area contributed by atoms with E-state index in [-0.39, 0.29) is 12.1 Å². The summed E-state index contributed by atoms with van der Waals surface area (Å²) < 4.78 is 2.01. The van der Waals surface area contributed by atoms with Crippen molar-refractivity contribution >= 4 is 34.5 Å². The molecule has 2 rings (SSSR count). The SMILES string of the molecule is CCCc1c(C(=O)O)c(=O)c(C(=O)O)nn1-c1ccccc1I. The second-order valence-corrected chi connectivity index (χ2v) is 5.89. The van der Waals surface area contributed by atoms with E-state index in [1.807, 2.05) is 29.5 Å². The van der Waals surface area contributed by atoms with Gasteiger partial charge in [0.15, 0.2) is 0 Å². The maximum atomic E-state index is 12.2. The van der Waals surface area contributed by atoms with Gasteiger partial charge in [0, 0.05) is 3.57 Å². The van der Waals surface area contributed by atoms with Gasteiger partial charge >= 0.3 is 11.9 Å². The fourth-order valence-corrected chi connectivity index (χ4v) is 2.83. The highest BCUT2D eigenvalue weighted by Crippen LogP contribution is 2.20. The van der Waals surface area contributed by atoms with E-state index in [0.29, 0.717) is 12.1 Å². The van der Waals surface area contributed by atoms with Crippen molar-refractivity contribution in [3.8, 4) is 5.69 Å². The molecule has 0 saturated carbocycles. The largest absolute Gasteiger partial charge is 0.477 e. The zero-order chi connectivity index (χ0) is 17.1. The predicted octanol–water partition coefficient (Wildman–Crippen LogP) is 2.19. The van der Waals surface area contributed by atoms with Gasteiger partial charge in [-0.1, -0.05) is 25.5 Å². The van der Waals surface area contributed by atoms with Crippen LogP contribution in [0.4, 0.5) is 0 Å². The predicted molar refractivity (Wildman–Crippen MR) is 90.5 cm³/mol. The first-order valence-corrected chi connectivity index (χ1v) is 7.84. The van der Waals surface area contributed by atoms with Gasteiger partial charge in [-0.3, -0.25) is 4.79 Å². The minimum atomic E-state index is -1.56. The number of carboxylic acid groups (broad SMARTS) is 2. The molecular formula is C15H13IN2O5. The van der Waals surface area contributed by atoms with E-state index in [9.17, 15) is 19.5 Å². The molecular weight excluding hydrogens is 415 g/mol. The van der Waals surface area contributed by atoms with Crippen molar-refractivity contribution in [1.82, 2.24) is 9.78 Å². The van der Waals surface area contributed by atoms with E-state index < -0.39 is 28.6 Å². The number of carboxylic acids is 2. The molecule has 23 heavy (non-hydrogen) atoms. The van der Waals surface area contributed by atoms with Crippen molar-refractivity contribution in [2.24, 2.45) is 0 Å². The van der Waals surface area contributed by atoms with Crippen LogP contribution in [-0.2, 0) is 6.42 Å². The fourth-order valence-electron chi connectivity index (χ4n) is 2.21. The lowest BCUT2D eigenvalue weighted by Crippen LogP contribution is -2.31. The molecule has 0 unspecified atom stereocenters. The molecule has 0 radical (unpaired) electrons. The molecule has 0 atom stereocenters. The van der Waals surface area contributed by atoms with Gasteiger partial charge in [0.05, 0.1) is 11.4 Å². The van der Waals surface area contributed by atoms with Crippen LogP contribution in [0.15, 0.2) is 29.1 Å². The standard InChI is InChI=1S/C15H13IN2O5/c1-2-5-10-11(14(20)21)13(19)12(15(22)23)17-18(10)9-7-4-3-6-8(9)16/h3-4,6-7H,2,5H2,1H3,(H,20,21)(H,22,23). The Bertz CT molecular complexity index is 844. The summed E-state index contributed by atoms with van der Waals surface area (Å²) in [6, 6.07) is 7.00. The molecule has 0 spiro atoms. The molecule has 1 aromatic heterocycles. The van der Waals surface area contributed by atoms with E-state index in [2.05, 4.69) is 5.10 Å². The summed E-state index contributed by atoms with van der Waals surface area (Å²) in [5, 5.41) is 22.4. The first-order chi connectivity index (χ1) is 10.9. The third kappa shape index (κ3) is 3.26. The zero-order valence-electron chi connectivity index (χ0n) is 12.1. The first kappa shape index (κ1) is 17.1. The molecule has 0 fully saturated rings. The number of halogens is 1. The van der Waals surface area contributed by atoms with Gasteiger partial charge < -0.3 is 10.2 Å². The lowest BCUT2D eigenvalue weighted by atomic mass is 10.1. The molecule has 7 nitrogen and oxygen atoms in total. The van der Waals surface area contributed by atoms with Gasteiger partial charge in [-0.2, -0.15) is 5.10 Å². The van der Waals surface area contributed by atoms with Gasteiger partial charge in [-0.15, -0.1) is 0 Å². The van der Waals surface area contributed by atoms with E-state index in [4.69, 9.17) is 5.11 Å². The van der Waals surface area contributed by atoms with Crippen molar-refractivity contribution in [1.29, 1.82) is 0 Å². The lowest BCUT2D eigenvalue weighted by Gasteiger charge is -2.16. The van der Waals surface area contributed by atoms with Gasteiger partial charge in [-0.05, 0) is 41.1 Å². The van der Waals surface area contributed by atoms with Crippen molar-refractivity contribution in [2.45, 2.75) is 19.8 Å². The monoisotopic (exact) mass is 428 g/mol. The molecule has 1 heterocycles. The smallest absolute Gasteiger partial charge is 0.360 e. The topological polar surface area (TPSA) is 109 Å². The first-order valence-electron chi connectivity index (χ1n) is 6.76. The molecule has 0 amide bonds. The number of rotatable bonds is 5. The highest BCUT2D eigenvalue weighted by molar-refractivity contribution is 14.1. The molecule has 120 valence electrons. The minimum absolute atomic E-state index is 0.194. The molecule has 0 aliphatic rings. The average Bonchev–Trinajstić information content (AvgIpc) is 2.48. The van der Waals surface area contributed by atoms with Crippen molar-refractivity contribution < 1.29 is 19.8 Å². The molecule has 0 aliphatic heterocycles. The van der Waals surface area contributed by atoms with Crippen LogP contribution in [0.1, 0.15) is 39.9 Å². The van der Waals surface area contributed by atoms with Crippen LogP contribution in [0.25, 0.3) is 5.69 Å². The van der Waals surface area contributed by atoms with E-state index in [0.717, 1.165) is 3.57 Å². The highest BCUT2D eigenvalue weighted by Gasteiger charge is 2.26. The average molecular weight is 428 g/mol. The number of aromatic carboxylic acids is 2. The summed E-state index contributed by atoms with van der Waals surface area (Å²) in [4.78, 5) is 35.0. The van der Waals surface area contributed by atoms with Gasteiger partial charge in [-0.25, -0.2) is 14.3 Å². The number of hydrogen-bond acceptors (Lipinski definition) is 4. The summed E-state index contributed by atoms with van der Waals surface area (Å²) >= 11 is 2.04. The van der Waals surface area contributed by atoms with Crippen molar-refractivity contribution in [2.75, 3.05) is 0 Å². The fraction of sp³-hybridized carbons (Fsp3) is 0.200. The normalized spacial score (nSPS) is 10.5. The molecule has 2 aromatic rings. The summed E-state index contributed by atoms with van der Waals surface area (Å²) in [7, 11) is 0. The molecule has 1 aromatic carbocycles. The number of nitrogens with zero attached hydrogens (tertiary/aromatic N) is 2. The zero-order valence-corrected chi connectivity index (χ0v) is 14.3. The van der Waals surface area contributed by atoms with Crippen molar-refractivity contribution in [3.05, 3.63) is 55.0 Å². The van der Waals surface area contributed by atoms with Crippen LogP contribution in [0.3, 0.4) is 0 Å². The Hall–Kier alpha value is -2.23. The van der Waals surface area contributed by atoms with Crippen LogP contribution in [0, 0.1) is 3.57 Å². The number of carbonyl (C=O) groups is 2. The van der Waals surface area contributed by atoms with Gasteiger partial charge in [0.2, 0.25) is 11.1 Å². The minimum Gasteiger partial charge on any atom is -0.477 e. The van der Waals surface area contributed by atoms with Gasteiger partial charge in [0.1, 0.15) is 5.56 Å². The molecule has 0 bridgehead atoms. The van der Waals surface area contributed by atoms with Crippen molar-refractivity contribution in [3.63, 3.8) is 0 Å². The Labute approximate surface area is 144 Å². The number of hydrogen-bond donors (Lipinski definition) is 2. The van der Waals surface area contributed by atoms with E-state index in [1.165, 1.54) is 4.68 Å². The number of para-hydroxylation sites is 1. The number of benzene rings is 1. The summed E-state index contributed by atoms with van der Waals surface area (Å²) in [5.74, 6) is -3.01. The van der Waals surface area contributed by atoms with Gasteiger partial charge in [0.25, 0.3) is 0 Å². The molecule has 0 aliphatic carbocycles. The van der Waals surface area contributed by atoms with E-state index >= 15 is 0 Å². The summed E-state index contributed by atoms with van der Waals surface area (Å²) in [6.07, 6.45) is 0.867. The lowest BCUT2D eigenvalue weighted by molar-refractivity contribution is 0.0685. The molecule has 2 N–H and O–H groups in total. The Morgan fingerprint density at radius 3 is 2.39 bits per heavy atom. The van der Waals surface area contributed by atoms with Crippen LogP contribution in [0.2, 0.25) is 0 Å².